The highest BCUT2D eigenvalue weighted by Crippen LogP contribution is 2.26. The fourth-order valence-electron chi connectivity index (χ4n) is 2.02. The van der Waals surface area contributed by atoms with Crippen LogP contribution in [0.5, 0.6) is 0 Å². The van der Waals surface area contributed by atoms with Gasteiger partial charge >= 0.3 is 5.97 Å². The summed E-state index contributed by atoms with van der Waals surface area (Å²) in [4.78, 5) is 21.6. The largest absolute Gasteiger partial charge is 0.469 e. The van der Waals surface area contributed by atoms with Gasteiger partial charge in [0.2, 0.25) is 0 Å². The predicted octanol–water partition coefficient (Wildman–Crippen LogP) is 1.52. The van der Waals surface area contributed by atoms with Crippen LogP contribution < -0.4 is 4.90 Å². The molecule has 0 radical (unpaired) electrons. The van der Waals surface area contributed by atoms with Crippen LogP contribution in [-0.2, 0) is 9.53 Å². The highest BCUT2D eigenvalue weighted by atomic mass is 35.5. The number of methoxy groups -OCH3 is 1. The van der Waals surface area contributed by atoms with Crippen molar-refractivity contribution in [3.05, 3.63) is 17.5 Å². The van der Waals surface area contributed by atoms with Gasteiger partial charge in [-0.05, 0) is 12.8 Å². The van der Waals surface area contributed by atoms with E-state index in [2.05, 4.69) is 14.9 Å². The summed E-state index contributed by atoms with van der Waals surface area (Å²) in [5.41, 5.74) is 0. The van der Waals surface area contributed by atoms with Gasteiger partial charge in [0.05, 0.1) is 13.0 Å². The minimum atomic E-state index is -0.130. The van der Waals surface area contributed by atoms with Gasteiger partial charge in [-0.15, -0.1) is 0 Å². The summed E-state index contributed by atoms with van der Waals surface area (Å²) in [6.45, 7) is 1.50. The first-order valence-corrected chi connectivity index (χ1v) is 5.89. The van der Waals surface area contributed by atoms with E-state index in [0.29, 0.717) is 11.0 Å². The summed E-state index contributed by atoms with van der Waals surface area (Å²) in [5, 5.41) is 0.406. The van der Waals surface area contributed by atoms with Crippen LogP contribution in [0.1, 0.15) is 12.8 Å². The number of rotatable bonds is 2. The lowest BCUT2D eigenvalue weighted by Gasteiger charge is -2.31. The Morgan fingerprint density at radius 3 is 2.65 bits per heavy atom. The van der Waals surface area contributed by atoms with E-state index in [9.17, 15) is 4.79 Å². The first-order valence-electron chi connectivity index (χ1n) is 5.51. The van der Waals surface area contributed by atoms with E-state index in [-0.39, 0.29) is 11.9 Å². The summed E-state index contributed by atoms with van der Waals surface area (Å²) < 4.78 is 4.74. The minimum absolute atomic E-state index is 0.00769. The quantitative estimate of drug-likeness (QED) is 0.750. The lowest BCUT2D eigenvalue weighted by molar-refractivity contribution is -0.146. The van der Waals surface area contributed by atoms with Crippen molar-refractivity contribution in [2.75, 3.05) is 25.1 Å². The summed E-state index contributed by atoms with van der Waals surface area (Å²) in [5.74, 6) is 0.555. The Labute approximate surface area is 105 Å². The van der Waals surface area contributed by atoms with Crippen molar-refractivity contribution in [2.24, 2.45) is 5.92 Å². The van der Waals surface area contributed by atoms with Gasteiger partial charge in [0.15, 0.2) is 11.0 Å². The number of halogens is 1. The molecule has 1 aromatic rings. The number of esters is 1. The number of aromatic nitrogens is 2. The fourth-order valence-corrected chi connectivity index (χ4v) is 2.24. The van der Waals surface area contributed by atoms with Gasteiger partial charge < -0.3 is 9.64 Å². The number of carbonyl (C=O) groups is 1. The summed E-state index contributed by atoms with van der Waals surface area (Å²) in [6, 6.07) is 0. The molecule has 0 saturated carbocycles. The standard InChI is InChI=1S/C11H14ClN3O2/c1-17-11(16)8-2-6-15(7-3-8)10-9(12)13-4-5-14-10/h4-5,8H,2-3,6-7H2,1H3. The molecule has 5 nitrogen and oxygen atoms in total. The number of hydrogen-bond acceptors (Lipinski definition) is 5. The molecule has 1 aliphatic heterocycles. The fraction of sp³-hybridized carbons (Fsp3) is 0.545. The summed E-state index contributed by atoms with van der Waals surface area (Å²) in [7, 11) is 1.42. The van der Waals surface area contributed by atoms with Gasteiger partial charge in [-0.3, -0.25) is 4.79 Å². The molecule has 0 spiro atoms. The SMILES string of the molecule is COC(=O)C1CCN(c2nccnc2Cl)CC1. The number of piperidine rings is 1. The van der Waals surface area contributed by atoms with E-state index in [1.807, 2.05) is 0 Å². The maximum Gasteiger partial charge on any atom is 0.308 e. The monoisotopic (exact) mass is 255 g/mol. The third-order valence-electron chi connectivity index (χ3n) is 2.96. The predicted molar refractivity (Wildman–Crippen MR) is 64.0 cm³/mol. The van der Waals surface area contributed by atoms with Crippen molar-refractivity contribution in [3.8, 4) is 0 Å². The van der Waals surface area contributed by atoms with Crippen molar-refractivity contribution in [1.82, 2.24) is 9.97 Å². The van der Waals surface area contributed by atoms with Crippen LogP contribution in [0, 0.1) is 5.92 Å². The Hall–Kier alpha value is -1.36. The Kier molecular flexibility index (Phi) is 3.78. The van der Waals surface area contributed by atoms with Gasteiger partial charge in [0.25, 0.3) is 0 Å². The molecule has 0 N–H and O–H groups in total. The lowest BCUT2D eigenvalue weighted by atomic mass is 9.97. The molecule has 92 valence electrons. The molecule has 17 heavy (non-hydrogen) atoms. The Balaban J connectivity index is 2.00. The second kappa shape index (κ2) is 5.31. The summed E-state index contributed by atoms with van der Waals surface area (Å²) in [6.07, 6.45) is 4.71. The molecule has 0 unspecified atom stereocenters. The van der Waals surface area contributed by atoms with Crippen molar-refractivity contribution >= 4 is 23.4 Å². The van der Waals surface area contributed by atoms with Gasteiger partial charge in [0.1, 0.15) is 0 Å². The lowest BCUT2D eigenvalue weighted by Crippen LogP contribution is -2.37. The van der Waals surface area contributed by atoms with Gasteiger partial charge in [0, 0.05) is 25.5 Å². The topological polar surface area (TPSA) is 55.3 Å². The minimum Gasteiger partial charge on any atom is -0.469 e. The number of carbonyl (C=O) groups excluding carboxylic acids is 1. The van der Waals surface area contributed by atoms with Crippen molar-refractivity contribution in [3.63, 3.8) is 0 Å². The average Bonchev–Trinajstić information content (AvgIpc) is 2.39. The van der Waals surface area contributed by atoms with Crippen LogP contribution in [0.2, 0.25) is 5.15 Å². The van der Waals surface area contributed by atoms with E-state index in [1.54, 1.807) is 12.4 Å². The zero-order valence-corrected chi connectivity index (χ0v) is 10.4. The zero-order valence-electron chi connectivity index (χ0n) is 9.60. The van der Waals surface area contributed by atoms with Crippen LogP contribution in [0.25, 0.3) is 0 Å². The molecule has 1 fully saturated rings. The first-order chi connectivity index (χ1) is 8.22. The number of ether oxygens (including phenoxy) is 1. The molecule has 1 aromatic heterocycles. The zero-order chi connectivity index (χ0) is 12.3. The maximum atomic E-state index is 11.4. The molecule has 2 heterocycles. The van der Waals surface area contributed by atoms with Gasteiger partial charge in [-0.1, -0.05) is 11.6 Å². The number of hydrogen-bond donors (Lipinski definition) is 0. The third-order valence-corrected chi connectivity index (χ3v) is 3.23. The van der Waals surface area contributed by atoms with Crippen LogP contribution in [0.4, 0.5) is 5.82 Å². The van der Waals surface area contributed by atoms with Crippen molar-refractivity contribution < 1.29 is 9.53 Å². The van der Waals surface area contributed by atoms with Gasteiger partial charge in [-0.25, -0.2) is 9.97 Å². The third kappa shape index (κ3) is 2.66. The molecule has 0 amide bonds. The highest BCUT2D eigenvalue weighted by Gasteiger charge is 2.27. The van der Waals surface area contributed by atoms with Crippen LogP contribution in [0.15, 0.2) is 12.4 Å². The number of nitrogens with zero attached hydrogens (tertiary/aromatic N) is 3. The maximum absolute atomic E-state index is 11.4. The van der Waals surface area contributed by atoms with Crippen LogP contribution in [0.3, 0.4) is 0 Å². The molecule has 0 atom stereocenters. The normalized spacial score (nSPS) is 16.9. The first kappa shape index (κ1) is 12.1. The van der Waals surface area contributed by atoms with Crippen molar-refractivity contribution in [1.29, 1.82) is 0 Å². The average molecular weight is 256 g/mol. The van der Waals surface area contributed by atoms with E-state index < -0.39 is 0 Å². The molecule has 1 aliphatic rings. The smallest absolute Gasteiger partial charge is 0.308 e. The van der Waals surface area contributed by atoms with E-state index in [1.165, 1.54) is 7.11 Å². The highest BCUT2D eigenvalue weighted by molar-refractivity contribution is 6.31. The second-order valence-corrected chi connectivity index (χ2v) is 4.31. The summed E-state index contributed by atoms with van der Waals surface area (Å²) >= 11 is 5.98. The van der Waals surface area contributed by atoms with E-state index in [0.717, 1.165) is 25.9 Å². The van der Waals surface area contributed by atoms with Crippen LogP contribution in [-0.4, -0.2) is 36.1 Å². The molecular formula is C11H14ClN3O2. The van der Waals surface area contributed by atoms with Crippen molar-refractivity contribution in [2.45, 2.75) is 12.8 Å². The Morgan fingerprint density at radius 1 is 1.41 bits per heavy atom. The van der Waals surface area contributed by atoms with E-state index >= 15 is 0 Å². The molecular weight excluding hydrogens is 242 g/mol. The Morgan fingerprint density at radius 2 is 2.06 bits per heavy atom. The Bertz CT molecular complexity index is 405. The van der Waals surface area contributed by atoms with Gasteiger partial charge in [-0.2, -0.15) is 0 Å². The molecule has 2 rings (SSSR count). The van der Waals surface area contributed by atoms with E-state index in [4.69, 9.17) is 16.3 Å². The molecule has 6 heteroatoms. The second-order valence-electron chi connectivity index (χ2n) is 3.96. The molecule has 0 bridgehead atoms. The number of anilines is 1. The molecule has 0 aliphatic carbocycles. The van der Waals surface area contributed by atoms with Crippen LogP contribution >= 0.6 is 11.6 Å². The molecule has 1 saturated heterocycles. The molecule has 0 aromatic carbocycles.